The molecule has 150 valence electrons. The predicted octanol–water partition coefficient (Wildman–Crippen LogP) is 3.27. The molecule has 8 nitrogen and oxygen atoms in total. The van der Waals surface area contributed by atoms with Crippen LogP contribution in [0.15, 0.2) is 58.0 Å². The number of amidine groups is 1. The topological polar surface area (TPSA) is 110 Å². The van der Waals surface area contributed by atoms with Crippen LogP contribution in [-0.2, 0) is 9.84 Å². The third-order valence-electron chi connectivity index (χ3n) is 4.67. The molecule has 0 aromatic heterocycles. The summed E-state index contributed by atoms with van der Waals surface area (Å²) < 4.78 is 25.1. The van der Waals surface area contributed by atoms with E-state index >= 15 is 0 Å². The Morgan fingerprint density at radius 2 is 1.93 bits per heavy atom. The van der Waals surface area contributed by atoms with Gasteiger partial charge in [-0.25, -0.2) is 8.42 Å². The first-order valence-corrected chi connectivity index (χ1v) is 12.0. The Bertz CT molecular complexity index is 1130. The van der Waals surface area contributed by atoms with Crippen LogP contribution in [0.3, 0.4) is 0 Å². The largest absolute Gasteiger partial charge is 0.316 e. The Hall–Kier alpha value is -2.24. The van der Waals surface area contributed by atoms with E-state index in [-0.39, 0.29) is 34.0 Å². The van der Waals surface area contributed by atoms with E-state index in [1.165, 1.54) is 36.0 Å². The van der Waals surface area contributed by atoms with Crippen LogP contribution in [-0.4, -0.2) is 47.2 Å². The molecule has 2 heterocycles. The number of nitro benzene ring substituents is 1. The van der Waals surface area contributed by atoms with Gasteiger partial charge in [0.25, 0.3) is 11.6 Å². The lowest BCUT2D eigenvalue weighted by Crippen LogP contribution is -2.37. The average molecular weight is 496 g/mol. The van der Waals surface area contributed by atoms with Crippen LogP contribution in [0.2, 0.25) is 0 Å². The molecule has 0 saturated carbocycles. The number of anilines is 1. The normalized spacial score (nSPS) is 23.9. The highest BCUT2D eigenvalue weighted by atomic mass is 79.9. The molecule has 29 heavy (non-hydrogen) atoms. The first kappa shape index (κ1) is 20.0. The molecule has 2 fully saturated rings. The number of carbonyl (C=O) groups excluding carboxylic acids is 1. The van der Waals surface area contributed by atoms with E-state index in [0.29, 0.717) is 5.17 Å². The molecule has 0 radical (unpaired) electrons. The van der Waals surface area contributed by atoms with Crippen LogP contribution in [0.1, 0.15) is 10.4 Å². The number of hydrogen-bond donors (Lipinski definition) is 0. The predicted molar refractivity (Wildman–Crippen MR) is 115 cm³/mol. The van der Waals surface area contributed by atoms with Crippen molar-refractivity contribution in [1.29, 1.82) is 0 Å². The minimum absolute atomic E-state index is 0.00918. The number of halogens is 1. The highest BCUT2D eigenvalue weighted by Crippen LogP contribution is 2.41. The zero-order valence-corrected chi connectivity index (χ0v) is 18.0. The highest BCUT2D eigenvalue weighted by molar-refractivity contribution is 9.10. The van der Waals surface area contributed by atoms with Gasteiger partial charge in [0.1, 0.15) is 0 Å². The van der Waals surface area contributed by atoms with Crippen LogP contribution in [0, 0.1) is 10.1 Å². The van der Waals surface area contributed by atoms with E-state index < -0.39 is 20.7 Å². The molecule has 0 unspecified atom stereocenters. The van der Waals surface area contributed by atoms with Crippen molar-refractivity contribution in [1.82, 2.24) is 0 Å². The number of carbonyl (C=O) groups is 1. The molecule has 2 aromatic rings. The minimum atomic E-state index is -3.16. The van der Waals surface area contributed by atoms with Crippen molar-refractivity contribution in [2.75, 3.05) is 16.4 Å². The number of sulfone groups is 1. The highest BCUT2D eigenvalue weighted by Gasteiger charge is 2.49. The van der Waals surface area contributed by atoms with Gasteiger partial charge in [-0.2, -0.15) is 4.99 Å². The summed E-state index contributed by atoms with van der Waals surface area (Å²) in [7, 11) is -3.16. The number of nitro groups is 1. The molecule has 11 heteroatoms. The Balaban J connectivity index is 1.71. The summed E-state index contributed by atoms with van der Waals surface area (Å²) >= 11 is 4.63. The molecule has 1 amide bonds. The van der Waals surface area contributed by atoms with Crippen molar-refractivity contribution in [2.45, 2.75) is 11.3 Å². The van der Waals surface area contributed by atoms with Crippen LogP contribution >= 0.6 is 27.7 Å². The van der Waals surface area contributed by atoms with Gasteiger partial charge in [-0.1, -0.05) is 33.8 Å². The molecule has 2 aromatic carbocycles. The molecular weight excluding hydrogens is 482 g/mol. The number of thioether (sulfide) groups is 1. The van der Waals surface area contributed by atoms with Gasteiger partial charge in [-0.05, 0) is 30.3 Å². The number of hydrogen-bond acceptors (Lipinski definition) is 6. The minimum Gasteiger partial charge on any atom is -0.316 e. The molecule has 2 aliphatic rings. The Morgan fingerprint density at radius 3 is 2.62 bits per heavy atom. The first-order valence-electron chi connectivity index (χ1n) is 8.53. The molecule has 0 aliphatic carbocycles. The van der Waals surface area contributed by atoms with Gasteiger partial charge < -0.3 is 4.90 Å². The zero-order chi connectivity index (χ0) is 20.8. The number of aliphatic imine (C=N–C) groups is 1. The molecule has 0 spiro atoms. The van der Waals surface area contributed by atoms with Crippen molar-refractivity contribution in [3.63, 3.8) is 0 Å². The third-order valence-corrected chi connectivity index (χ3v) is 8.41. The van der Waals surface area contributed by atoms with Crippen LogP contribution in [0.5, 0.6) is 0 Å². The maximum Gasteiger partial charge on any atom is 0.279 e. The van der Waals surface area contributed by atoms with Crippen molar-refractivity contribution >= 4 is 60.0 Å². The molecule has 0 bridgehead atoms. The molecule has 0 N–H and O–H groups in total. The summed E-state index contributed by atoms with van der Waals surface area (Å²) in [6, 6.07) is 12.4. The standard InChI is InChI=1S/C18H14BrN3O5S2/c19-12-4-6-13(7-5-12)21-15-9-29(26,27)10-16(15)28-18(21)20-17(23)11-2-1-3-14(8-11)22(24)25/h1-8,15-16H,9-10H2/t15-,16-/m0/s1. The fourth-order valence-electron chi connectivity index (χ4n) is 3.37. The van der Waals surface area contributed by atoms with Gasteiger partial charge in [0.2, 0.25) is 0 Å². The lowest BCUT2D eigenvalue weighted by molar-refractivity contribution is -0.384. The number of amides is 1. The van der Waals surface area contributed by atoms with E-state index in [0.717, 1.165) is 10.2 Å². The lowest BCUT2D eigenvalue weighted by atomic mass is 10.2. The van der Waals surface area contributed by atoms with Crippen LogP contribution in [0.4, 0.5) is 11.4 Å². The summed E-state index contributed by atoms with van der Waals surface area (Å²) in [4.78, 5) is 29.0. The molecule has 4 rings (SSSR count). The number of benzene rings is 2. The number of nitrogens with zero attached hydrogens (tertiary/aromatic N) is 3. The van der Waals surface area contributed by atoms with Crippen molar-refractivity contribution in [3.8, 4) is 0 Å². The monoisotopic (exact) mass is 495 g/mol. The first-order chi connectivity index (χ1) is 13.7. The Labute approximate surface area is 179 Å². The summed E-state index contributed by atoms with van der Waals surface area (Å²) in [5.74, 6) is -0.592. The van der Waals surface area contributed by atoms with Crippen molar-refractivity contribution in [2.24, 2.45) is 4.99 Å². The van der Waals surface area contributed by atoms with E-state index in [2.05, 4.69) is 20.9 Å². The smallest absolute Gasteiger partial charge is 0.279 e. The van der Waals surface area contributed by atoms with Gasteiger partial charge >= 0.3 is 0 Å². The molecule has 2 aliphatic heterocycles. The second kappa shape index (κ2) is 7.54. The maximum absolute atomic E-state index is 12.7. The molecule has 2 atom stereocenters. The summed E-state index contributed by atoms with van der Waals surface area (Å²) in [5.41, 5.74) is 0.645. The number of fused-ring (bicyclic) bond motifs is 1. The zero-order valence-electron chi connectivity index (χ0n) is 14.8. The van der Waals surface area contributed by atoms with Gasteiger partial charge in [0.15, 0.2) is 15.0 Å². The molecule has 2 saturated heterocycles. The van der Waals surface area contributed by atoms with Gasteiger partial charge in [-0.3, -0.25) is 14.9 Å². The van der Waals surface area contributed by atoms with Crippen LogP contribution in [0.25, 0.3) is 0 Å². The summed E-state index contributed by atoms with van der Waals surface area (Å²) in [6.45, 7) is 0. The number of rotatable bonds is 3. The van der Waals surface area contributed by atoms with Gasteiger partial charge in [-0.15, -0.1) is 0 Å². The van der Waals surface area contributed by atoms with Crippen molar-refractivity contribution < 1.29 is 18.1 Å². The Kier molecular flexibility index (Phi) is 5.21. The molecular formula is C18H14BrN3O5S2. The van der Waals surface area contributed by atoms with Crippen LogP contribution < -0.4 is 4.90 Å². The fourth-order valence-corrected chi connectivity index (χ4v) is 7.55. The average Bonchev–Trinajstić information content (AvgIpc) is 3.13. The lowest BCUT2D eigenvalue weighted by Gasteiger charge is -2.24. The summed E-state index contributed by atoms with van der Waals surface area (Å²) in [5, 5.41) is 11.1. The number of non-ortho nitro benzene ring substituents is 1. The Morgan fingerprint density at radius 1 is 1.21 bits per heavy atom. The second-order valence-electron chi connectivity index (χ2n) is 6.65. The SMILES string of the molecule is O=C(N=C1S[C@H]2CS(=O)(=O)C[C@@H]2N1c1ccc(Br)cc1)c1cccc([N+](=O)[O-])c1. The van der Waals surface area contributed by atoms with E-state index in [4.69, 9.17) is 0 Å². The summed E-state index contributed by atoms with van der Waals surface area (Å²) in [6.07, 6.45) is 0. The maximum atomic E-state index is 12.7. The van der Waals surface area contributed by atoms with E-state index in [1.54, 1.807) is 4.90 Å². The van der Waals surface area contributed by atoms with Gasteiger partial charge in [0.05, 0.1) is 22.5 Å². The third kappa shape index (κ3) is 4.07. The van der Waals surface area contributed by atoms with Gasteiger partial charge in [0, 0.05) is 33.1 Å². The van der Waals surface area contributed by atoms with E-state index in [9.17, 15) is 23.3 Å². The quantitative estimate of drug-likeness (QED) is 0.474. The fraction of sp³-hybridized carbons (Fsp3) is 0.222. The van der Waals surface area contributed by atoms with Crippen molar-refractivity contribution in [3.05, 3.63) is 68.7 Å². The second-order valence-corrected chi connectivity index (χ2v) is 10.9. The van der Waals surface area contributed by atoms with E-state index in [1.807, 2.05) is 24.3 Å².